The van der Waals surface area contributed by atoms with Gasteiger partial charge in [-0.1, -0.05) is 63.2 Å². The number of aliphatic hydroxyl groups is 1. The summed E-state index contributed by atoms with van der Waals surface area (Å²) in [5.74, 6) is -2.00. The van der Waals surface area contributed by atoms with Crippen LogP contribution in [0.2, 0.25) is 0 Å². The zero-order valence-electron chi connectivity index (χ0n) is 29.9. The van der Waals surface area contributed by atoms with E-state index in [1.807, 2.05) is 75.4 Å². The Hall–Kier alpha value is -3.06. The molecule has 0 bridgehead atoms. The van der Waals surface area contributed by atoms with Crippen LogP contribution in [-0.4, -0.2) is 85.2 Å². The quantitative estimate of drug-likeness (QED) is 0.277. The number of amides is 2. The van der Waals surface area contributed by atoms with Crippen LogP contribution < -0.4 is 4.74 Å². The third-order valence-corrected chi connectivity index (χ3v) is 10.4. The van der Waals surface area contributed by atoms with Crippen LogP contribution in [0.4, 0.5) is 4.79 Å². The fourth-order valence-electron chi connectivity index (χ4n) is 7.33. The summed E-state index contributed by atoms with van der Waals surface area (Å²) in [6.07, 6.45) is -1.88. The predicted octanol–water partition coefficient (Wildman–Crippen LogP) is 6.19. The van der Waals surface area contributed by atoms with Crippen molar-refractivity contribution in [2.24, 2.45) is 17.8 Å². The molecule has 5 rings (SSSR count). The molecule has 2 aromatic carbocycles. The van der Waals surface area contributed by atoms with Gasteiger partial charge in [-0.15, -0.1) is 0 Å². The Morgan fingerprint density at radius 3 is 2.27 bits per heavy atom. The Labute approximate surface area is 290 Å². The fourth-order valence-corrected chi connectivity index (χ4v) is 7.33. The molecular formula is C38H53NO10. The van der Waals surface area contributed by atoms with Crippen LogP contribution in [0.1, 0.15) is 84.3 Å². The molecule has 0 spiro atoms. The van der Waals surface area contributed by atoms with Crippen molar-refractivity contribution in [1.29, 1.82) is 0 Å². The number of methoxy groups -OCH3 is 2. The topological polar surface area (TPSA) is 122 Å². The highest BCUT2D eigenvalue weighted by Gasteiger charge is 2.48. The smallest absolute Gasteiger partial charge is 0.417 e. The summed E-state index contributed by atoms with van der Waals surface area (Å²) in [5, 5.41) is 11.6. The van der Waals surface area contributed by atoms with Gasteiger partial charge < -0.3 is 38.3 Å². The van der Waals surface area contributed by atoms with E-state index < -0.39 is 60.3 Å². The maximum Gasteiger partial charge on any atom is 0.417 e. The van der Waals surface area contributed by atoms with Crippen molar-refractivity contribution in [2.45, 2.75) is 116 Å². The number of rotatable bonds is 12. The minimum absolute atomic E-state index is 0.0416. The summed E-state index contributed by atoms with van der Waals surface area (Å²) in [6, 6.07) is 16.5. The summed E-state index contributed by atoms with van der Waals surface area (Å²) in [6.45, 7) is 11.7. The van der Waals surface area contributed by atoms with Gasteiger partial charge in [0.2, 0.25) is 5.91 Å². The average molecular weight is 684 g/mol. The van der Waals surface area contributed by atoms with Crippen molar-refractivity contribution >= 4 is 12.0 Å². The standard InChI is InChI=1S/C38H53NO10/c1-22(30(44-8)20-29-18-19-45-36(46-29)27-14-16-28(43-7)17-15-27)31-21-32(49-38(5,6)48-31)23(2)33(40)24(3)35(41)39-25(4)34(47-37(39)42)26-12-10-9-11-13-26/h9-17,22-25,29-34,36,40H,18-21H2,1-8H3/t22-,23+,24-,25-,29+,30+,31+,32-,33+,34-,36+/m1/s1. The minimum Gasteiger partial charge on any atom is -0.497 e. The molecule has 11 atom stereocenters. The van der Waals surface area contributed by atoms with Gasteiger partial charge in [0.25, 0.3) is 0 Å². The number of hydrogen-bond acceptors (Lipinski definition) is 10. The first-order chi connectivity index (χ1) is 23.3. The van der Waals surface area contributed by atoms with E-state index >= 15 is 0 Å². The predicted molar refractivity (Wildman–Crippen MR) is 181 cm³/mol. The van der Waals surface area contributed by atoms with Gasteiger partial charge in [0, 0.05) is 37.4 Å². The minimum atomic E-state index is -1.08. The summed E-state index contributed by atoms with van der Waals surface area (Å²) in [5.41, 5.74) is 1.74. The van der Waals surface area contributed by atoms with E-state index in [0.29, 0.717) is 19.4 Å². The van der Waals surface area contributed by atoms with Gasteiger partial charge in [0.1, 0.15) is 11.9 Å². The maximum atomic E-state index is 13.7. The summed E-state index contributed by atoms with van der Waals surface area (Å²) >= 11 is 0. The van der Waals surface area contributed by atoms with Gasteiger partial charge >= 0.3 is 6.09 Å². The molecule has 3 aliphatic heterocycles. The molecule has 11 nitrogen and oxygen atoms in total. The Bertz CT molecular complexity index is 1390. The second-order valence-electron chi connectivity index (χ2n) is 14.1. The Balaban J connectivity index is 1.21. The molecule has 3 heterocycles. The number of cyclic esters (lactones) is 1. The fraction of sp³-hybridized carbons (Fsp3) is 0.632. The highest BCUT2D eigenvalue weighted by Crippen LogP contribution is 2.39. The molecule has 0 unspecified atom stereocenters. The lowest BCUT2D eigenvalue weighted by Crippen LogP contribution is -2.54. The molecule has 2 amide bonds. The number of ether oxygens (including phenoxy) is 7. The number of imide groups is 1. The van der Waals surface area contributed by atoms with E-state index in [4.69, 9.17) is 33.2 Å². The molecule has 0 aliphatic carbocycles. The normalized spacial score (nSPS) is 30.1. The van der Waals surface area contributed by atoms with E-state index in [1.165, 1.54) is 0 Å². The lowest BCUT2D eigenvalue weighted by Gasteiger charge is -2.47. The molecule has 3 saturated heterocycles. The number of benzene rings is 2. The van der Waals surface area contributed by atoms with Crippen LogP contribution in [0.3, 0.4) is 0 Å². The molecule has 2 aromatic rings. The third-order valence-electron chi connectivity index (χ3n) is 10.4. The highest BCUT2D eigenvalue weighted by atomic mass is 16.7. The summed E-state index contributed by atoms with van der Waals surface area (Å²) < 4.78 is 42.0. The van der Waals surface area contributed by atoms with Crippen molar-refractivity contribution < 1.29 is 47.9 Å². The van der Waals surface area contributed by atoms with Gasteiger partial charge in [-0.2, -0.15) is 0 Å². The number of aliphatic hydroxyl groups excluding tert-OH is 1. The lowest BCUT2D eigenvalue weighted by molar-refractivity contribution is -0.323. The molecular weight excluding hydrogens is 630 g/mol. The lowest BCUT2D eigenvalue weighted by atomic mass is 9.82. The third kappa shape index (κ3) is 8.46. The molecule has 49 heavy (non-hydrogen) atoms. The van der Waals surface area contributed by atoms with E-state index in [9.17, 15) is 14.7 Å². The summed E-state index contributed by atoms with van der Waals surface area (Å²) in [7, 11) is 3.34. The van der Waals surface area contributed by atoms with Crippen LogP contribution in [0.25, 0.3) is 0 Å². The molecule has 270 valence electrons. The van der Waals surface area contributed by atoms with E-state index in [2.05, 4.69) is 6.92 Å². The highest BCUT2D eigenvalue weighted by molar-refractivity contribution is 5.95. The second-order valence-corrected chi connectivity index (χ2v) is 14.1. The van der Waals surface area contributed by atoms with E-state index in [0.717, 1.165) is 28.2 Å². The SMILES string of the molecule is COc1ccc([C@H]2OCC[C@@H](C[C@H](OC)[C@@H](C)[C@@H]3C[C@H]([C@H](C)[C@H](O)[C@@H](C)C(=O)N4C(=O)O[C@@H](c5ccccc5)[C@H]4C)OC(C)(C)O3)O2)cc1. The van der Waals surface area contributed by atoms with Crippen LogP contribution in [0.5, 0.6) is 5.75 Å². The van der Waals surface area contributed by atoms with Gasteiger partial charge in [-0.3, -0.25) is 4.79 Å². The first kappa shape index (κ1) is 37.2. The number of nitrogens with zero attached hydrogens (tertiary/aromatic N) is 1. The summed E-state index contributed by atoms with van der Waals surface area (Å²) in [4.78, 5) is 27.7. The Kier molecular flexibility index (Phi) is 12.0. The zero-order chi connectivity index (χ0) is 35.5. The molecule has 3 aliphatic rings. The van der Waals surface area contributed by atoms with Crippen LogP contribution >= 0.6 is 0 Å². The second kappa shape index (κ2) is 15.9. The largest absolute Gasteiger partial charge is 0.497 e. The van der Waals surface area contributed by atoms with Gasteiger partial charge in [-0.25, -0.2) is 9.69 Å². The van der Waals surface area contributed by atoms with Crippen LogP contribution in [0, 0.1) is 17.8 Å². The van der Waals surface area contributed by atoms with Crippen molar-refractivity contribution in [3.63, 3.8) is 0 Å². The average Bonchev–Trinajstić information content (AvgIpc) is 3.41. The Morgan fingerprint density at radius 1 is 0.980 bits per heavy atom. The maximum absolute atomic E-state index is 13.7. The van der Waals surface area contributed by atoms with Gasteiger partial charge in [0.05, 0.1) is 56.2 Å². The van der Waals surface area contributed by atoms with E-state index in [-0.39, 0.29) is 24.2 Å². The molecule has 0 aromatic heterocycles. The molecule has 3 fully saturated rings. The molecule has 1 N–H and O–H groups in total. The molecule has 0 saturated carbocycles. The van der Waals surface area contributed by atoms with Crippen molar-refractivity contribution in [3.05, 3.63) is 65.7 Å². The van der Waals surface area contributed by atoms with Gasteiger partial charge in [-0.05, 0) is 44.9 Å². The van der Waals surface area contributed by atoms with Crippen LogP contribution in [-0.2, 0) is 33.2 Å². The Morgan fingerprint density at radius 2 is 1.63 bits per heavy atom. The van der Waals surface area contributed by atoms with Crippen molar-refractivity contribution in [3.8, 4) is 5.75 Å². The first-order valence-corrected chi connectivity index (χ1v) is 17.4. The number of carbonyl (C=O) groups is 2. The number of carbonyl (C=O) groups excluding carboxylic acids is 2. The number of hydrogen-bond donors (Lipinski definition) is 1. The monoisotopic (exact) mass is 683 g/mol. The molecule has 11 heteroatoms. The van der Waals surface area contributed by atoms with Crippen molar-refractivity contribution in [1.82, 2.24) is 4.90 Å². The van der Waals surface area contributed by atoms with Gasteiger partial charge in [0.15, 0.2) is 12.1 Å². The van der Waals surface area contributed by atoms with Crippen molar-refractivity contribution in [2.75, 3.05) is 20.8 Å². The first-order valence-electron chi connectivity index (χ1n) is 17.4. The zero-order valence-corrected chi connectivity index (χ0v) is 29.9. The van der Waals surface area contributed by atoms with E-state index in [1.54, 1.807) is 28.1 Å². The molecule has 0 radical (unpaired) electrons. The van der Waals surface area contributed by atoms with Crippen LogP contribution in [0.15, 0.2) is 54.6 Å².